The molecular formula is C15H15ClN2O4S. The standard InChI is InChI=1S/C15H15ClN2O4S/c1-17(10-11-6-3-4-7-12(11)16)13-8-5-9-14(23(2,21)22)15(13)18(19)20/h3-9H,10H2,1-2H3. The molecule has 6 nitrogen and oxygen atoms in total. The first kappa shape index (κ1) is 17.2. The van der Waals surface area contributed by atoms with Crippen LogP contribution in [0.5, 0.6) is 0 Å². The van der Waals surface area contributed by atoms with Crippen molar-refractivity contribution in [2.24, 2.45) is 0 Å². The van der Waals surface area contributed by atoms with Gasteiger partial charge in [0.1, 0.15) is 10.6 Å². The van der Waals surface area contributed by atoms with E-state index in [1.165, 1.54) is 18.2 Å². The van der Waals surface area contributed by atoms with E-state index >= 15 is 0 Å². The molecule has 0 heterocycles. The molecule has 2 aromatic carbocycles. The largest absolute Gasteiger partial charge is 0.365 e. The maximum absolute atomic E-state index is 11.8. The van der Waals surface area contributed by atoms with Crippen LogP contribution in [0.15, 0.2) is 47.4 Å². The van der Waals surface area contributed by atoms with E-state index in [2.05, 4.69) is 0 Å². The zero-order chi connectivity index (χ0) is 17.2. The minimum Gasteiger partial charge on any atom is -0.365 e. The number of halogens is 1. The lowest BCUT2D eigenvalue weighted by Crippen LogP contribution is -2.19. The van der Waals surface area contributed by atoms with Crippen molar-refractivity contribution in [3.63, 3.8) is 0 Å². The quantitative estimate of drug-likeness (QED) is 0.608. The van der Waals surface area contributed by atoms with Gasteiger partial charge < -0.3 is 4.90 Å². The lowest BCUT2D eigenvalue weighted by atomic mass is 10.2. The van der Waals surface area contributed by atoms with Crippen LogP contribution in [0.2, 0.25) is 5.02 Å². The average molecular weight is 355 g/mol. The fraction of sp³-hybridized carbons (Fsp3) is 0.200. The molecule has 0 N–H and O–H groups in total. The van der Waals surface area contributed by atoms with Gasteiger partial charge in [-0.2, -0.15) is 0 Å². The number of benzene rings is 2. The van der Waals surface area contributed by atoms with Crippen molar-refractivity contribution in [3.05, 3.63) is 63.2 Å². The molecule has 0 spiro atoms. The van der Waals surface area contributed by atoms with Gasteiger partial charge in [0, 0.05) is 24.9 Å². The van der Waals surface area contributed by atoms with E-state index in [0.29, 0.717) is 11.6 Å². The van der Waals surface area contributed by atoms with Crippen LogP contribution in [0.4, 0.5) is 11.4 Å². The van der Waals surface area contributed by atoms with Crippen molar-refractivity contribution in [3.8, 4) is 0 Å². The average Bonchev–Trinajstić information content (AvgIpc) is 2.47. The van der Waals surface area contributed by atoms with Gasteiger partial charge in [-0.15, -0.1) is 0 Å². The van der Waals surface area contributed by atoms with Gasteiger partial charge in [0.2, 0.25) is 0 Å². The molecule has 0 saturated heterocycles. The molecule has 2 aromatic rings. The molecule has 23 heavy (non-hydrogen) atoms. The predicted octanol–water partition coefficient (Wildman–Crippen LogP) is 3.29. The first-order valence-corrected chi connectivity index (χ1v) is 8.90. The molecule has 0 saturated carbocycles. The first-order chi connectivity index (χ1) is 10.7. The number of para-hydroxylation sites is 1. The second kappa shape index (κ2) is 6.55. The Bertz CT molecular complexity index is 852. The van der Waals surface area contributed by atoms with Crippen LogP contribution in [-0.4, -0.2) is 26.6 Å². The Kier molecular flexibility index (Phi) is 4.91. The van der Waals surface area contributed by atoms with E-state index in [0.717, 1.165) is 11.8 Å². The third kappa shape index (κ3) is 3.80. The molecule has 8 heteroatoms. The van der Waals surface area contributed by atoms with E-state index < -0.39 is 20.4 Å². The summed E-state index contributed by atoms with van der Waals surface area (Å²) in [5.74, 6) is 0. The molecular weight excluding hydrogens is 340 g/mol. The lowest BCUT2D eigenvalue weighted by molar-refractivity contribution is -0.387. The normalized spacial score (nSPS) is 11.3. The third-order valence-corrected chi connectivity index (χ3v) is 4.83. The maximum Gasteiger partial charge on any atom is 0.311 e. The monoisotopic (exact) mass is 354 g/mol. The fourth-order valence-corrected chi connectivity index (χ4v) is 3.32. The van der Waals surface area contributed by atoms with Crippen LogP contribution >= 0.6 is 11.6 Å². The molecule has 0 aliphatic heterocycles. The number of anilines is 1. The highest BCUT2D eigenvalue weighted by atomic mass is 35.5. The number of sulfone groups is 1. The molecule has 0 unspecified atom stereocenters. The van der Waals surface area contributed by atoms with E-state index in [4.69, 9.17) is 11.6 Å². The number of nitro groups is 1. The molecule has 122 valence electrons. The van der Waals surface area contributed by atoms with Crippen LogP contribution in [0.3, 0.4) is 0 Å². The van der Waals surface area contributed by atoms with Crippen molar-refractivity contribution in [1.29, 1.82) is 0 Å². The Balaban J connectivity index is 2.51. The van der Waals surface area contributed by atoms with Crippen molar-refractivity contribution in [2.45, 2.75) is 11.4 Å². The zero-order valence-electron chi connectivity index (χ0n) is 12.6. The number of hydrogen-bond donors (Lipinski definition) is 0. The third-order valence-electron chi connectivity index (χ3n) is 3.34. The van der Waals surface area contributed by atoms with E-state index in [1.807, 2.05) is 12.1 Å². The van der Waals surface area contributed by atoms with Crippen LogP contribution < -0.4 is 4.90 Å². The van der Waals surface area contributed by atoms with Gasteiger partial charge in [-0.05, 0) is 23.8 Å². The Hall–Kier alpha value is -2.12. The van der Waals surface area contributed by atoms with Crippen LogP contribution in [0.1, 0.15) is 5.56 Å². The van der Waals surface area contributed by atoms with Crippen molar-refractivity contribution >= 4 is 32.8 Å². The summed E-state index contributed by atoms with van der Waals surface area (Å²) in [6, 6.07) is 11.4. The Morgan fingerprint density at radius 2 is 1.83 bits per heavy atom. The van der Waals surface area contributed by atoms with Gasteiger partial charge in [0.05, 0.1) is 4.92 Å². The van der Waals surface area contributed by atoms with Crippen LogP contribution in [0.25, 0.3) is 0 Å². The SMILES string of the molecule is CN(Cc1ccccc1Cl)c1cccc(S(C)(=O)=O)c1[N+](=O)[O-]. The number of nitro benzene ring substituents is 1. The van der Waals surface area contributed by atoms with Gasteiger partial charge in [0.25, 0.3) is 0 Å². The second-order valence-corrected chi connectivity index (χ2v) is 7.49. The minimum atomic E-state index is -3.71. The number of nitrogens with zero attached hydrogens (tertiary/aromatic N) is 2. The number of rotatable bonds is 5. The van der Waals surface area contributed by atoms with Gasteiger partial charge in [0.15, 0.2) is 9.84 Å². The minimum absolute atomic E-state index is 0.220. The molecule has 0 fully saturated rings. The maximum atomic E-state index is 11.8. The molecule has 0 amide bonds. The summed E-state index contributed by atoms with van der Waals surface area (Å²) in [5, 5.41) is 11.9. The zero-order valence-corrected chi connectivity index (χ0v) is 14.1. The molecule has 0 aromatic heterocycles. The van der Waals surface area contributed by atoms with Crippen molar-refractivity contribution < 1.29 is 13.3 Å². The lowest BCUT2D eigenvalue weighted by Gasteiger charge is -2.20. The summed E-state index contributed by atoms with van der Waals surface area (Å²) in [4.78, 5) is 12.0. The molecule has 0 atom stereocenters. The van der Waals surface area contributed by atoms with E-state index in [-0.39, 0.29) is 10.6 Å². The summed E-state index contributed by atoms with van der Waals surface area (Å²) in [6.45, 7) is 0.313. The highest BCUT2D eigenvalue weighted by Crippen LogP contribution is 2.35. The summed E-state index contributed by atoms with van der Waals surface area (Å²) in [6.07, 6.45) is 0.952. The smallest absolute Gasteiger partial charge is 0.311 e. The fourth-order valence-electron chi connectivity index (χ4n) is 2.27. The number of hydrogen-bond acceptors (Lipinski definition) is 5. The van der Waals surface area contributed by atoms with Crippen molar-refractivity contribution in [2.75, 3.05) is 18.2 Å². The van der Waals surface area contributed by atoms with Gasteiger partial charge >= 0.3 is 5.69 Å². The van der Waals surface area contributed by atoms with Crippen molar-refractivity contribution in [1.82, 2.24) is 0 Å². The summed E-state index contributed by atoms with van der Waals surface area (Å²) < 4.78 is 23.6. The Labute approximate surface area is 139 Å². The van der Waals surface area contributed by atoms with Gasteiger partial charge in [-0.25, -0.2) is 8.42 Å². The summed E-state index contributed by atoms with van der Waals surface area (Å²) >= 11 is 6.11. The summed E-state index contributed by atoms with van der Waals surface area (Å²) in [7, 11) is -2.06. The molecule has 2 rings (SSSR count). The van der Waals surface area contributed by atoms with Gasteiger partial charge in [-0.3, -0.25) is 10.1 Å². The van der Waals surface area contributed by atoms with Crippen LogP contribution in [0, 0.1) is 10.1 Å². The van der Waals surface area contributed by atoms with Gasteiger partial charge in [-0.1, -0.05) is 35.9 Å². The molecule has 0 aliphatic carbocycles. The van der Waals surface area contributed by atoms with E-state index in [9.17, 15) is 18.5 Å². The highest BCUT2D eigenvalue weighted by molar-refractivity contribution is 7.90. The topological polar surface area (TPSA) is 80.5 Å². The first-order valence-electron chi connectivity index (χ1n) is 6.64. The Morgan fingerprint density at radius 3 is 2.39 bits per heavy atom. The molecule has 0 aliphatic rings. The van der Waals surface area contributed by atoms with Crippen LogP contribution in [-0.2, 0) is 16.4 Å². The van der Waals surface area contributed by atoms with E-state index in [1.54, 1.807) is 24.1 Å². The molecule has 0 radical (unpaired) electrons. The summed E-state index contributed by atoms with van der Waals surface area (Å²) in [5.41, 5.74) is 0.582. The molecule has 0 bridgehead atoms. The second-order valence-electron chi connectivity index (χ2n) is 5.10. The predicted molar refractivity (Wildman–Crippen MR) is 89.8 cm³/mol. The Morgan fingerprint density at radius 1 is 1.17 bits per heavy atom. The highest BCUT2D eigenvalue weighted by Gasteiger charge is 2.27.